The number of rotatable bonds is 2. The van der Waals surface area contributed by atoms with Gasteiger partial charge >= 0.3 is 0 Å². The quantitative estimate of drug-likeness (QED) is 0.827. The molecule has 5 nitrogen and oxygen atoms in total. The van der Waals surface area contributed by atoms with Crippen LogP contribution in [0.15, 0.2) is 18.2 Å². The van der Waals surface area contributed by atoms with E-state index in [-0.39, 0.29) is 11.8 Å². The van der Waals surface area contributed by atoms with E-state index in [4.69, 9.17) is 23.2 Å². The molecule has 124 valence electrons. The summed E-state index contributed by atoms with van der Waals surface area (Å²) < 4.78 is 0. The van der Waals surface area contributed by atoms with Gasteiger partial charge < -0.3 is 15.1 Å². The van der Waals surface area contributed by atoms with Gasteiger partial charge in [0, 0.05) is 31.2 Å². The fourth-order valence-corrected chi connectivity index (χ4v) is 3.51. The molecule has 1 aromatic rings. The molecule has 7 heteroatoms. The van der Waals surface area contributed by atoms with Crippen LogP contribution in [0.2, 0.25) is 10.0 Å². The Hall–Kier alpha value is -1.30. The average Bonchev–Trinajstić information content (AvgIpc) is 2.76. The average molecular weight is 356 g/mol. The lowest BCUT2D eigenvalue weighted by atomic mass is 10.1. The molecule has 0 aliphatic carbocycles. The molecule has 2 saturated heterocycles. The second-order valence-corrected chi connectivity index (χ2v) is 6.70. The normalized spacial score (nSPS) is 22.3. The van der Waals surface area contributed by atoms with Crippen LogP contribution in [0.1, 0.15) is 12.8 Å². The van der Waals surface area contributed by atoms with Gasteiger partial charge in [-0.3, -0.25) is 9.59 Å². The van der Waals surface area contributed by atoms with E-state index in [1.54, 1.807) is 28.0 Å². The van der Waals surface area contributed by atoms with Gasteiger partial charge in [-0.2, -0.15) is 0 Å². The molecular weight excluding hydrogens is 337 g/mol. The number of amides is 2. The second-order valence-electron chi connectivity index (χ2n) is 5.86. The first kappa shape index (κ1) is 16.6. The molecule has 2 heterocycles. The molecule has 1 atom stereocenters. The first-order valence-corrected chi connectivity index (χ1v) is 8.59. The molecular formula is C16H19Cl2N3O2. The van der Waals surface area contributed by atoms with E-state index in [9.17, 15) is 9.59 Å². The van der Waals surface area contributed by atoms with Crippen molar-refractivity contribution in [3.8, 4) is 0 Å². The van der Waals surface area contributed by atoms with Gasteiger partial charge in [0.25, 0.3) is 0 Å². The van der Waals surface area contributed by atoms with Crippen LogP contribution in [0.4, 0.5) is 5.69 Å². The summed E-state index contributed by atoms with van der Waals surface area (Å²) in [6.45, 7) is 3.53. The number of nitrogens with zero attached hydrogens (tertiary/aromatic N) is 2. The number of carbonyl (C=O) groups is 2. The molecule has 2 aliphatic rings. The highest BCUT2D eigenvalue weighted by atomic mass is 35.5. The molecule has 0 radical (unpaired) electrons. The summed E-state index contributed by atoms with van der Waals surface area (Å²) in [4.78, 5) is 28.8. The van der Waals surface area contributed by atoms with Crippen LogP contribution in [0.5, 0.6) is 0 Å². The number of hydrogen-bond acceptors (Lipinski definition) is 3. The summed E-state index contributed by atoms with van der Waals surface area (Å²) in [5.74, 6) is -0.862. The maximum atomic E-state index is 12.7. The van der Waals surface area contributed by atoms with E-state index in [0.29, 0.717) is 41.8 Å². The molecule has 2 fully saturated rings. The molecule has 0 aromatic heterocycles. The molecule has 2 amide bonds. The van der Waals surface area contributed by atoms with E-state index in [0.717, 1.165) is 19.5 Å². The Labute approximate surface area is 145 Å². The summed E-state index contributed by atoms with van der Waals surface area (Å²) in [5, 5.41) is 4.25. The molecule has 0 spiro atoms. The Balaban J connectivity index is 1.75. The highest BCUT2D eigenvalue weighted by Gasteiger charge is 2.40. The van der Waals surface area contributed by atoms with Crippen molar-refractivity contribution in [3.63, 3.8) is 0 Å². The van der Waals surface area contributed by atoms with Crippen molar-refractivity contribution in [1.82, 2.24) is 10.2 Å². The van der Waals surface area contributed by atoms with Crippen LogP contribution >= 0.6 is 23.2 Å². The molecule has 0 saturated carbocycles. The summed E-state index contributed by atoms with van der Waals surface area (Å²) in [6.07, 6.45) is 1.43. The zero-order chi connectivity index (χ0) is 16.4. The van der Waals surface area contributed by atoms with Crippen molar-refractivity contribution in [2.75, 3.05) is 37.6 Å². The summed E-state index contributed by atoms with van der Waals surface area (Å²) >= 11 is 12.2. The Morgan fingerprint density at radius 2 is 2.00 bits per heavy atom. The zero-order valence-corrected chi connectivity index (χ0v) is 14.2. The Bertz CT molecular complexity index is 615. The van der Waals surface area contributed by atoms with Crippen molar-refractivity contribution < 1.29 is 9.59 Å². The molecule has 3 rings (SSSR count). The Kier molecular flexibility index (Phi) is 5.09. The standard InChI is InChI=1S/C16H19Cl2N3O2/c17-11-2-3-13(18)14(10-11)21-8-4-12(16(21)23)15(22)20-7-1-5-19-6-9-20/h2-3,10,12,19H,1,4-9H2. The smallest absolute Gasteiger partial charge is 0.239 e. The topological polar surface area (TPSA) is 52.7 Å². The van der Waals surface area contributed by atoms with E-state index in [1.165, 1.54) is 0 Å². The van der Waals surface area contributed by atoms with E-state index in [2.05, 4.69) is 5.32 Å². The van der Waals surface area contributed by atoms with E-state index >= 15 is 0 Å². The number of carbonyl (C=O) groups excluding carboxylic acids is 2. The third-order valence-electron chi connectivity index (χ3n) is 4.35. The van der Waals surface area contributed by atoms with Gasteiger partial charge in [-0.1, -0.05) is 23.2 Å². The first-order chi connectivity index (χ1) is 11.1. The predicted octanol–water partition coefficient (Wildman–Crippen LogP) is 2.17. The van der Waals surface area contributed by atoms with E-state index < -0.39 is 5.92 Å². The number of benzene rings is 1. The lowest BCUT2D eigenvalue weighted by Gasteiger charge is -2.23. The monoisotopic (exact) mass is 355 g/mol. The van der Waals surface area contributed by atoms with Gasteiger partial charge in [0.15, 0.2) is 0 Å². The van der Waals surface area contributed by atoms with Crippen molar-refractivity contribution in [2.45, 2.75) is 12.8 Å². The number of hydrogen-bond donors (Lipinski definition) is 1. The van der Waals surface area contributed by atoms with Crippen LogP contribution in [0.3, 0.4) is 0 Å². The van der Waals surface area contributed by atoms with Crippen LogP contribution in [0.25, 0.3) is 0 Å². The fourth-order valence-electron chi connectivity index (χ4n) is 3.13. The molecule has 1 N–H and O–H groups in total. The van der Waals surface area contributed by atoms with Crippen molar-refractivity contribution >= 4 is 40.7 Å². The van der Waals surface area contributed by atoms with Crippen LogP contribution in [-0.2, 0) is 9.59 Å². The SMILES string of the molecule is O=C(C1CCN(c2cc(Cl)ccc2Cl)C1=O)N1CCCNCC1. The number of anilines is 1. The second kappa shape index (κ2) is 7.07. The third-order valence-corrected chi connectivity index (χ3v) is 4.91. The van der Waals surface area contributed by atoms with Gasteiger partial charge in [-0.15, -0.1) is 0 Å². The minimum absolute atomic E-state index is 0.0700. The Morgan fingerprint density at radius 3 is 2.83 bits per heavy atom. The number of nitrogens with one attached hydrogen (secondary N) is 1. The summed E-state index contributed by atoms with van der Waals surface area (Å²) in [5.41, 5.74) is 0.581. The zero-order valence-electron chi connectivity index (χ0n) is 12.7. The van der Waals surface area contributed by atoms with Crippen molar-refractivity contribution in [3.05, 3.63) is 28.2 Å². The molecule has 1 aromatic carbocycles. The lowest BCUT2D eigenvalue weighted by Crippen LogP contribution is -2.41. The van der Waals surface area contributed by atoms with Crippen LogP contribution in [0, 0.1) is 5.92 Å². The lowest BCUT2D eigenvalue weighted by molar-refractivity contribution is -0.139. The van der Waals surface area contributed by atoms with Crippen LogP contribution < -0.4 is 10.2 Å². The fraction of sp³-hybridized carbons (Fsp3) is 0.500. The minimum atomic E-state index is -0.608. The van der Waals surface area contributed by atoms with Gasteiger partial charge in [-0.25, -0.2) is 0 Å². The molecule has 2 aliphatic heterocycles. The molecule has 23 heavy (non-hydrogen) atoms. The third kappa shape index (κ3) is 3.47. The van der Waals surface area contributed by atoms with Gasteiger partial charge in [0.2, 0.25) is 11.8 Å². The van der Waals surface area contributed by atoms with Gasteiger partial charge in [0.05, 0.1) is 10.7 Å². The molecule has 1 unspecified atom stereocenters. The summed E-state index contributed by atoms with van der Waals surface area (Å²) in [6, 6.07) is 5.02. The van der Waals surface area contributed by atoms with Gasteiger partial charge in [-0.05, 0) is 37.6 Å². The number of halogens is 2. The highest BCUT2D eigenvalue weighted by molar-refractivity contribution is 6.36. The van der Waals surface area contributed by atoms with Gasteiger partial charge in [0.1, 0.15) is 5.92 Å². The summed E-state index contributed by atoms with van der Waals surface area (Å²) in [7, 11) is 0. The molecule has 0 bridgehead atoms. The predicted molar refractivity (Wildman–Crippen MR) is 91.0 cm³/mol. The van der Waals surface area contributed by atoms with Crippen molar-refractivity contribution in [2.24, 2.45) is 5.92 Å². The minimum Gasteiger partial charge on any atom is -0.341 e. The van der Waals surface area contributed by atoms with Crippen molar-refractivity contribution in [1.29, 1.82) is 0 Å². The Morgan fingerprint density at radius 1 is 1.17 bits per heavy atom. The highest BCUT2D eigenvalue weighted by Crippen LogP contribution is 2.34. The maximum absolute atomic E-state index is 12.7. The maximum Gasteiger partial charge on any atom is 0.239 e. The van der Waals surface area contributed by atoms with Crippen LogP contribution in [-0.4, -0.2) is 49.4 Å². The largest absolute Gasteiger partial charge is 0.341 e. The van der Waals surface area contributed by atoms with E-state index in [1.807, 2.05) is 0 Å². The first-order valence-electron chi connectivity index (χ1n) is 7.84.